The molecule has 0 atom stereocenters. The molecular formula is C24H23N3O2. The van der Waals surface area contributed by atoms with Gasteiger partial charge in [-0.05, 0) is 60.4 Å². The number of rotatable bonds is 3. The van der Waals surface area contributed by atoms with Gasteiger partial charge in [0.15, 0.2) is 0 Å². The largest absolute Gasteiger partial charge is 0.334 e. The van der Waals surface area contributed by atoms with E-state index in [1.807, 2.05) is 84.6 Å². The zero-order valence-electron chi connectivity index (χ0n) is 16.3. The van der Waals surface area contributed by atoms with Crippen LogP contribution in [0.15, 0.2) is 72.8 Å². The number of carbonyl (C=O) groups is 2. The zero-order valence-corrected chi connectivity index (χ0v) is 16.3. The summed E-state index contributed by atoms with van der Waals surface area (Å²) in [6.45, 7) is 3.19. The minimum absolute atomic E-state index is 0.0342. The van der Waals surface area contributed by atoms with E-state index in [2.05, 4.69) is 10.6 Å². The number of aryl methyl sites for hydroxylation is 1. The Morgan fingerprint density at radius 1 is 0.862 bits per heavy atom. The summed E-state index contributed by atoms with van der Waals surface area (Å²) in [6.07, 6.45) is 0.809. The van der Waals surface area contributed by atoms with Crippen molar-refractivity contribution in [2.75, 3.05) is 17.2 Å². The van der Waals surface area contributed by atoms with E-state index < -0.39 is 0 Å². The molecule has 0 aromatic heterocycles. The Morgan fingerprint density at radius 3 is 2.41 bits per heavy atom. The smallest absolute Gasteiger partial charge is 0.323 e. The normalized spacial score (nSPS) is 12.8. The van der Waals surface area contributed by atoms with Gasteiger partial charge in [0.2, 0.25) is 0 Å². The number of benzene rings is 3. The van der Waals surface area contributed by atoms with Crippen LogP contribution < -0.4 is 10.6 Å². The van der Waals surface area contributed by atoms with Crippen LogP contribution in [0.2, 0.25) is 0 Å². The number of urea groups is 1. The molecule has 146 valence electrons. The van der Waals surface area contributed by atoms with E-state index in [4.69, 9.17) is 0 Å². The highest BCUT2D eigenvalue weighted by Gasteiger charge is 2.22. The van der Waals surface area contributed by atoms with Crippen molar-refractivity contribution >= 4 is 23.3 Å². The van der Waals surface area contributed by atoms with Crippen LogP contribution in [0.4, 0.5) is 16.2 Å². The molecule has 29 heavy (non-hydrogen) atoms. The van der Waals surface area contributed by atoms with E-state index in [0.29, 0.717) is 24.3 Å². The molecule has 3 amide bonds. The third kappa shape index (κ3) is 4.29. The SMILES string of the molecule is Cc1ccccc1NC(=O)Nc1ccc2c(c1)CN(C(=O)c1ccccc1)CC2. The van der Waals surface area contributed by atoms with Gasteiger partial charge in [-0.3, -0.25) is 4.79 Å². The highest BCUT2D eigenvalue weighted by Crippen LogP contribution is 2.24. The van der Waals surface area contributed by atoms with Crippen LogP contribution in [0.5, 0.6) is 0 Å². The molecule has 1 aliphatic rings. The van der Waals surface area contributed by atoms with Crippen LogP contribution in [0.1, 0.15) is 27.0 Å². The van der Waals surface area contributed by atoms with Gasteiger partial charge in [-0.25, -0.2) is 4.79 Å². The minimum atomic E-state index is -0.285. The highest BCUT2D eigenvalue weighted by atomic mass is 16.2. The van der Waals surface area contributed by atoms with Crippen molar-refractivity contribution in [2.45, 2.75) is 19.9 Å². The van der Waals surface area contributed by atoms with Gasteiger partial charge in [0.25, 0.3) is 5.91 Å². The van der Waals surface area contributed by atoms with E-state index in [1.165, 1.54) is 5.56 Å². The molecule has 0 saturated carbocycles. The molecule has 0 radical (unpaired) electrons. The van der Waals surface area contributed by atoms with Gasteiger partial charge >= 0.3 is 6.03 Å². The minimum Gasteiger partial charge on any atom is -0.334 e. The van der Waals surface area contributed by atoms with E-state index in [-0.39, 0.29) is 11.9 Å². The molecule has 5 nitrogen and oxygen atoms in total. The summed E-state index contributed by atoms with van der Waals surface area (Å²) in [5, 5.41) is 5.76. The van der Waals surface area contributed by atoms with Crippen LogP contribution in [-0.2, 0) is 13.0 Å². The van der Waals surface area contributed by atoms with Crippen molar-refractivity contribution < 1.29 is 9.59 Å². The number of amides is 3. The highest BCUT2D eigenvalue weighted by molar-refractivity contribution is 6.00. The maximum Gasteiger partial charge on any atom is 0.323 e. The molecule has 1 heterocycles. The standard InChI is InChI=1S/C24H23N3O2/c1-17-7-5-6-10-22(17)26-24(29)25-21-12-11-18-13-14-27(16-20(18)15-21)23(28)19-8-3-2-4-9-19/h2-12,15H,13-14,16H2,1H3,(H2,25,26,29). The monoisotopic (exact) mass is 385 g/mol. The van der Waals surface area contributed by atoms with E-state index in [0.717, 1.165) is 23.2 Å². The van der Waals surface area contributed by atoms with Crippen LogP contribution in [0.25, 0.3) is 0 Å². The zero-order chi connectivity index (χ0) is 20.2. The lowest BCUT2D eigenvalue weighted by Crippen LogP contribution is -2.36. The second-order valence-electron chi connectivity index (χ2n) is 7.22. The molecule has 3 aromatic rings. The van der Waals surface area contributed by atoms with Gasteiger partial charge in [0, 0.05) is 30.0 Å². The molecule has 3 aromatic carbocycles. The predicted molar refractivity (Wildman–Crippen MR) is 115 cm³/mol. The van der Waals surface area contributed by atoms with Crippen molar-refractivity contribution in [1.29, 1.82) is 0 Å². The Balaban J connectivity index is 1.45. The van der Waals surface area contributed by atoms with E-state index >= 15 is 0 Å². The van der Waals surface area contributed by atoms with E-state index in [1.54, 1.807) is 0 Å². The molecule has 1 aliphatic heterocycles. The number of hydrogen-bond donors (Lipinski definition) is 2. The van der Waals surface area contributed by atoms with Crippen molar-refractivity contribution in [3.05, 3.63) is 95.1 Å². The van der Waals surface area contributed by atoms with Crippen LogP contribution in [-0.4, -0.2) is 23.4 Å². The number of nitrogens with zero attached hydrogens (tertiary/aromatic N) is 1. The second kappa shape index (κ2) is 8.19. The number of carbonyl (C=O) groups excluding carboxylic acids is 2. The van der Waals surface area contributed by atoms with Crippen molar-refractivity contribution in [3.8, 4) is 0 Å². The lowest BCUT2D eigenvalue weighted by atomic mass is 9.98. The van der Waals surface area contributed by atoms with Crippen molar-refractivity contribution in [1.82, 2.24) is 4.90 Å². The molecule has 4 rings (SSSR count). The summed E-state index contributed by atoms with van der Waals surface area (Å²) in [6, 6.07) is 22.6. The Bertz CT molecular complexity index is 1050. The first-order chi connectivity index (χ1) is 14.1. The molecule has 0 spiro atoms. The molecule has 0 unspecified atom stereocenters. The molecule has 5 heteroatoms. The average molecular weight is 385 g/mol. The molecular weight excluding hydrogens is 362 g/mol. The Labute approximate surface area is 170 Å². The third-order valence-electron chi connectivity index (χ3n) is 5.18. The van der Waals surface area contributed by atoms with E-state index in [9.17, 15) is 9.59 Å². The van der Waals surface area contributed by atoms with Crippen molar-refractivity contribution in [2.24, 2.45) is 0 Å². The first-order valence-electron chi connectivity index (χ1n) is 9.70. The maximum absolute atomic E-state index is 12.8. The predicted octanol–water partition coefficient (Wildman–Crippen LogP) is 4.84. The number of nitrogens with one attached hydrogen (secondary N) is 2. The summed E-state index contributed by atoms with van der Waals surface area (Å²) in [5.74, 6) is 0.0342. The molecule has 0 saturated heterocycles. The van der Waals surface area contributed by atoms with Crippen LogP contribution >= 0.6 is 0 Å². The van der Waals surface area contributed by atoms with Gasteiger partial charge in [0.05, 0.1) is 0 Å². The summed E-state index contributed by atoms with van der Waals surface area (Å²) in [4.78, 5) is 27.0. The summed E-state index contributed by atoms with van der Waals surface area (Å²) in [5.41, 5.74) is 5.47. The molecule has 0 bridgehead atoms. The summed E-state index contributed by atoms with van der Waals surface area (Å²) in [7, 11) is 0. The summed E-state index contributed by atoms with van der Waals surface area (Å²) < 4.78 is 0. The first-order valence-corrected chi connectivity index (χ1v) is 9.70. The molecule has 0 aliphatic carbocycles. The quantitative estimate of drug-likeness (QED) is 0.678. The van der Waals surface area contributed by atoms with Crippen LogP contribution in [0, 0.1) is 6.92 Å². The second-order valence-corrected chi connectivity index (χ2v) is 7.22. The third-order valence-corrected chi connectivity index (χ3v) is 5.18. The van der Waals surface area contributed by atoms with Gasteiger partial charge in [-0.1, -0.05) is 42.5 Å². The average Bonchev–Trinajstić information content (AvgIpc) is 2.75. The van der Waals surface area contributed by atoms with Gasteiger partial charge in [-0.15, -0.1) is 0 Å². The maximum atomic E-state index is 12.8. The fourth-order valence-electron chi connectivity index (χ4n) is 3.57. The van der Waals surface area contributed by atoms with Gasteiger partial charge in [-0.2, -0.15) is 0 Å². The van der Waals surface area contributed by atoms with Crippen LogP contribution in [0.3, 0.4) is 0 Å². The number of hydrogen-bond acceptors (Lipinski definition) is 2. The number of anilines is 2. The lowest BCUT2D eigenvalue weighted by molar-refractivity contribution is 0.0734. The fourth-order valence-corrected chi connectivity index (χ4v) is 3.57. The van der Waals surface area contributed by atoms with Gasteiger partial charge in [0.1, 0.15) is 0 Å². The first kappa shape index (κ1) is 18.7. The summed E-state index contributed by atoms with van der Waals surface area (Å²) >= 11 is 0. The Hall–Kier alpha value is -3.60. The van der Waals surface area contributed by atoms with Gasteiger partial charge < -0.3 is 15.5 Å². The topological polar surface area (TPSA) is 61.4 Å². The fraction of sp³-hybridized carbons (Fsp3) is 0.167. The molecule has 2 N–H and O–H groups in total. The molecule has 0 fully saturated rings. The lowest BCUT2D eigenvalue weighted by Gasteiger charge is -2.29. The Morgan fingerprint density at radius 2 is 1.62 bits per heavy atom. The number of para-hydroxylation sites is 1. The Kier molecular flexibility index (Phi) is 5.29. The van der Waals surface area contributed by atoms with Crippen molar-refractivity contribution in [3.63, 3.8) is 0 Å². The number of fused-ring (bicyclic) bond motifs is 1.